The van der Waals surface area contributed by atoms with E-state index in [1.165, 1.54) is 4.57 Å². The zero-order valence-corrected chi connectivity index (χ0v) is 18.6. The number of halogens is 4. The molecule has 0 spiro atoms. The fourth-order valence-electron chi connectivity index (χ4n) is 3.10. The van der Waals surface area contributed by atoms with Crippen LogP contribution >= 0.6 is 23.4 Å². The van der Waals surface area contributed by atoms with Gasteiger partial charge in [-0.2, -0.15) is 0 Å². The lowest BCUT2D eigenvalue weighted by Crippen LogP contribution is -2.23. The van der Waals surface area contributed by atoms with Gasteiger partial charge in [-0.1, -0.05) is 41.6 Å². The van der Waals surface area contributed by atoms with Crippen molar-refractivity contribution >= 4 is 45.9 Å². The molecule has 1 heterocycles. The van der Waals surface area contributed by atoms with Crippen LogP contribution in [0.1, 0.15) is 5.56 Å². The number of para-hydroxylation sites is 1. The molecule has 0 fully saturated rings. The van der Waals surface area contributed by atoms with Crippen LogP contribution in [-0.2, 0) is 4.79 Å². The number of carbonyl (C=O) groups is 1. The van der Waals surface area contributed by atoms with E-state index in [2.05, 4.69) is 10.3 Å². The normalized spacial score (nSPS) is 11.1. The van der Waals surface area contributed by atoms with Gasteiger partial charge in [0, 0.05) is 5.02 Å². The minimum atomic E-state index is -1.68. The summed E-state index contributed by atoms with van der Waals surface area (Å²) in [7, 11) is 0. The van der Waals surface area contributed by atoms with Crippen molar-refractivity contribution in [3.05, 3.63) is 93.0 Å². The molecule has 0 aliphatic carbocycles. The molecule has 0 aliphatic rings. The van der Waals surface area contributed by atoms with Gasteiger partial charge in [-0.15, -0.1) is 0 Å². The number of fused-ring (bicyclic) bond motifs is 1. The molecule has 1 N–H and O–H groups in total. The van der Waals surface area contributed by atoms with E-state index in [0.717, 1.165) is 23.4 Å². The Morgan fingerprint density at radius 1 is 1.09 bits per heavy atom. The molecule has 0 saturated heterocycles. The summed E-state index contributed by atoms with van der Waals surface area (Å²) in [6, 6.07) is 13.5. The topological polar surface area (TPSA) is 64.0 Å². The van der Waals surface area contributed by atoms with Crippen LogP contribution in [0.4, 0.5) is 18.9 Å². The predicted molar refractivity (Wildman–Crippen MR) is 123 cm³/mol. The average molecular weight is 490 g/mol. The summed E-state index contributed by atoms with van der Waals surface area (Å²) in [6.07, 6.45) is 0. The second-order valence-corrected chi connectivity index (χ2v) is 8.40. The summed E-state index contributed by atoms with van der Waals surface area (Å²) in [6.45, 7) is 1.82. The number of anilines is 1. The molecular weight excluding hydrogens is 475 g/mol. The van der Waals surface area contributed by atoms with Gasteiger partial charge in [-0.3, -0.25) is 14.2 Å². The van der Waals surface area contributed by atoms with E-state index < -0.39 is 29.0 Å². The number of aromatic nitrogens is 2. The first-order chi connectivity index (χ1) is 15.8. The number of carbonyl (C=O) groups excluding carboxylic acids is 1. The zero-order chi connectivity index (χ0) is 23.7. The highest BCUT2D eigenvalue weighted by molar-refractivity contribution is 7.99. The number of rotatable bonds is 5. The fourth-order valence-corrected chi connectivity index (χ4v) is 4.08. The Labute approximate surface area is 195 Å². The molecule has 4 rings (SSSR count). The molecule has 5 nitrogen and oxygen atoms in total. The summed E-state index contributed by atoms with van der Waals surface area (Å²) in [4.78, 5) is 30.1. The Hall–Kier alpha value is -3.30. The van der Waals surface area contributed by atoms with Crippen LogP contribution < -0.4 is 10.9 Å². The molecular formula is C23H15ClF3N3O2S. The van der Waals surface area contributed by atoms with Gasteiger partial charge >= 0.3 is 0 Å². The van der Waals surface area contributed by atoms with Crippen molar-refractivity contribution in [3.63, 3.8) is 0 Å². The molecule has 1 aromatic heterocycles. The van der Waals surface area contributed by atoms with Crippen LogP contribution in [0.15, 0.2) is 64.5 Å². The van der Waals surface area contributed by atoms with Gasteiger partial charge < -0.3 is 5.32 Å². The van der Waals surface area contributed by atoms with Gasteiger partial charge in [-0.05, 0) is 48.9 Å². The van der Waals surface area contributed by atoms with Crippen LogP contribution in [-0.4, -0.2) is 21.2 Å². The van der Waals surface area contributed by atoms with Crippen molar-refractivity contribution < 1.29 is 18.0 Å². The first-order valence-corrected chi connectivity index (χ1v) is 11.0. The first kappa shape index (κ1) is 22.9. The van der Waals surface area contributed by atoms with Crippen molar-refractivity contribution in [3.8, 4) is 5.69 Å². The van der Waals surface area contributed by atoms with E-state index in [9.17, 15) is 22.8 Å². The SMILES string of the molecule is Cc1ccc(-n2c(SCC(=O)Nc3ccc(F)c(F)c3F)nc3ccccc3c2=O)cc1Cl. The highest BCUT2D eigenvalue weighted by Gasteiger charge is 2.18. The van der Waals surface area contributed by atoms with E-state index >= 15 is 0 Å². The number of nitrogens with one attached hydrogen (secondary N) is 1. The lowest BCUT2D eigenvalue weighted by atomic mass is 10.2. The number of aryl methyl sites for hydroxylation is 1. The third-order valence-electron chi connectivity index (χ3n) is 4.80. The number of thioether (sulfide) groups is 1. The van der Waals surface area contributed by atoms with E-state index in [1.807, 2.05) is 6.92 Å². The number of nitrogens with zero attached hydrogens (tertiary/aromatic N) is 2. The Balaban J connectivity index is 1.68. The lowest BCUT2D eigenvalue weighted by molar-refractivity contribution is -0.113. The van der Waals surface area contributed by atoms with Crippen LogP contribution in [0.3, 0.4) is 0 Å². The van der Waals surface area contributed by atoms with E-state index in [1.54, 1.807) is 42.5 Å². The van der Waals surface area contributed by atoms with Gasteiger partial charge in [0.1, 0.15) is 0 Å². The maximum absolute atomic E-state index is 13.9. The van der Waals surface area contributed by atoms with Gasteiger partial charge in [0.05, 0.1) is 28.0 Å². The standard InChI is InChI=1S/C23H15ClF3N3O2S/c1-12-6-7-13(10-15(12)24)30-22(32)14-4-2-3-5-17(14)29-23(30)33-11-19(31)28-18-9-8-16(25)20(26)21(18)27/h2-10H,11H2,1H3,(H,28,31). The van der Waals surface area contributed by atoms with Gasteiger partial charge in [0.15, 0.2) is 22.6 Å². The number of amides is 1. The summed E-state index contributed by atoms with van der Waals surface area (Å²) >= 11 is 7.17. The second-order valence-electron chi connectivity index (χ2n) is 7.05. The molecule has 0 bridgehead atoms. The predicted octanol–water partition coefficient (Wildman–Crippen LogP) is 5.50. The van der Waals surface area contributed by atoms with Crippen molar-refractivity contribution in [2.75, 3.05) is 11.1 Å². The molecule has 10 heteroatoms. The van der Waals surface area contributed by atoms with Crippen LogP contribution in [0.2, 0.25) is 5.02 Å². The largest absolute Gasteiger partial charge is 0.323 e. The van der Waals surface area contributed by atoms with Gasteiger partial charge in [-0.25, -0.2) is 18.2 Å². The minimum absolute atomic E-state index is 0.208. The molecule has 1 amide bonds. The zero-order valence-electron chi connectivity index (χ0n) is 17.0. The van der Waals surface area contributed by atoms with Crippen LogP contribution in [0, 0.1) is 24.4 Å². The van der Waals surface area contributed by atoms with Crippen molar-refractivity contribution in [2.24, 2.45) is 0 Å². The number of benzene rings is 3. The average Bonchev–Trinajstić information content (AvgIpc) is 2.80. The Morgan fingerprint density at radius 3 is 2.61 bits per heavy atom. The highest BCUT2D eigenvalue weighted by Crippen LogP contribution is 2.25. The molecule has 0 radical (unpaired) electrons. The number of hydrogen-bond donors (Lipinski definition) is 1. The third-order valence-corrected chi connectivity index (χ3v) is 6.15. The Bertz CT molecular complexity index is 1460. The molecule has 0 saturated carbocycles. The maximum Gasteiger partial charge on any atom is 0.266 e. The maximum atomic E-state index is 13.9. The number of hydrogen-bond acceptors (Lipinski definition) is 4. The minimum Gasteiger partial charge on any atom is -0.323 e. The van der Waals surface area contributed by atoms with E-state index in [-0.39, 0.29) is 16.5 Å². The quantitative estimate of drug-likeness (QED) is 0.228. The van der Waals surface area contributed by atoms with Gasteiger partial charge in [0.2, 0.25) is 5.91 Å². The smallest absolute Gasteiger partial charge is 0.266 e. The Morgan fingerprint density at radius 2 is 1.85 bits per heavy atom. The molecule has 4 aromatic rings. The van der Waals surface area contributed by atoms with Crippen molar-refractivity contribution in [1.82, 2.24) is 9.55 Å². The molecule has 0 unspecified atom stereocenters. The second kappa shape index (κ2) is 9.29. The molecule has 0 atom stereocenters. The third kappa shape index (κ3) is 4.60. The van der Waals surface area contributed by atoms with Crippen molar-refractivity contribution in [1.29, 1.82) is 0 Å². The lowest BCUT2D eigenvalue weighted by Gasteiger charge is -2.14. The monoisotopic (exact) mass is 489 g/mol. The molecule has 0 aliphatic heterocycles. The summed E-state index contributed by atoms with van der Waals surface area (Å²) in [5, 5.41) is 3.24. The van der Waals surface area contributed by atoms with Crippen LogP contribution in [0.25, 0.3) is 16.6 Å². The molecule has 168 valence electrons. The molecule has 33 heavy (non-hydrogen) atoms. The van der Waals surface area contributed by atoms with Crippen molar-refractivity contribution in [2.45, 2.75) is 12.1 Å². The van der Waals surface area contributed by atoms with E-state index in [0.29, 0.717) is 27.7 Å². The molecule has 3 aromatic carbocycles. The summed E-state index contributed by atoms with van der Waals surface area (Å²) in [5.41, 5.74) is 0.878. The van der Waals surface area contributed by atoms with E-state index in [4.69, 9.17) is 11.6 Å². The first-order valence-electron chi connectivity index (χ1n) is 9.60. The summed E-state index contributed by atoms with van der Waals surface area (Å²) < 4.78 is 41.7. The summed E-state index contributed by atoms with van der Waals surface area (Å²) in [5.74, 6) is -5.50. The Kier molecular flexibility index (Phi) is 6.44. The van der Waals surface area contributed by atoms with Crippen LogP contribution in [0.5, 0.6) is 0 Å². The van der Waals surface area contributed by atoms with Gasteiger partial charge in [0.25, 0.3) is 5.56 Å². The highest BCUT2D eigenvalue weighted by atomic mass is 35.5. The fraction of sp³-hybridized carbons (Fsp3) is 0.0870.